The van der Waals surface area contributed by atoms with Crippen LogP contribution in [0.3, 0.4) is 0 Å². The fourth-order valence-corrected chi connectivity index (χ4v) is 3.06. The molecule has 147 valence electrons. The number of tetrazole rings is 2. The first-order valence-electron chi connectivity index (χ1n) is 7.88. The van der Waals surface area contributed by atoms with Crippen molar-refractivity contribution in [2.24, 2.45) is 0 Å². The van der Waals surface area contributed by atoms with E-state index in [1.54, 1.807) is 25.1 Å². The van der Waals surface area contributed by atoms with Crippen LogP contribution in [0.5, 0.6) is 0 Å². The van der Waals surface area contributed by atoms with Gasteiger partial charge >= 0.3 is 6.18 Å². The normalized spacial score (nSPS) is 11.8. The van der Waals surface area contributed by atoms with Gasteiger partial charge in [0.05, 0.1) is 11.4 Å². The molecule has 2 aromatic heterocycles. The van der Waals surface area contributed by atoms with E-state index in [0.717, 1.165) is 0 Å². The molecule has 0 spiro atoms. The van der Waals surface area contributed by atoms with E-state index in [9.17, 15) is 13.2 Å². The molecule has 29 heavy (non-hydrogen) atoms. The average Bonchev–Trinajstić information content (AvgIpc) is 3.30. The Hall–Kier alpha value is -3.05. The monoisotopic (exact) mass is 439 g/mol. The number of hydrogen-bond donors (Lipinski definition) is 0. The van der Waals surface area contributed by atoms with Gasteiger partial charge in [-0.05, 0) is 58.1 Å². The number of halogens is 5. The molecule has 0 N–H and O–H groups in total. The van der Waals surface area contributed by atoms with Crippen molar-refractivity contribution in [2.75, 3.05) is 0 Å². The van der Waals surface area contributed by atoms with E-state index >= 15 is 0 Å². The van der Waals surface area contributed by atoms with Gasteiger partial charge in [-0.25, -0.2) is 0 Å². The van der Waals surface area contributed by atoms with Crippen LogP contribution in [0.2, 0.25) is 10.0 Å². The van der Waals surface area contributed by atoms with Crippen LogP contribution in [0.1, 0.15) is 11.6 Å². The first kappa shape index (κ1) is 19.3. The van der Waals surface area contributed by atoms with Gasteiger partial charge in [0.15, 0.2) is 5.82 Å². The third kappa shape index (κ3) is 3.54. The first-order chi connectivity index (χ1) is 13.8. The van der Waals surface area contributed by atoms with Gasteiger partial charge in [-0.15, -0.1) is 10.2 Å². The number of hydrogen-bond acceptors (Lipinski definition) is 6. The zero-order chi connectivity index (χ0) is 20.8. The Kier molecular flexibility index (Phi) is 4.71. The Bertz CT molecular complexity index is 1200. The molecule has 0 aliphatic heterocycles. The summed E-state index contributed by atoms with van der Waals surface area (Å²) in [5.41, 5.74) is 1.06. The molecule has 0 saturated carbocycles. The van der Waals surface area contributed by atoms with Crippen molar-refractivity contribution >= 4 is 23.2 Å². The molecular weight excluding hydrogens is 432 g/mol. The number of aromatic nitrogens is 8. The summed E-state index contributed by atoms with van der Waals surface area (Å²) >= 11 is 12.3. The Labute approximate surface area is 170 Å². The van der Waals surface area contributed by atoms with Crippen LogP contribution in [0.25, 0.3) is 22.5 Å². The SMILES string of the molecule is Cc1nnnn1-c1ccc(Cl)cc1-c1cc(Cl)c[c]c1-n1nnnc1C(F)(F)F. The lowest BCUT2D eigenvalue weighted by Crippen LogP contribution is -2.15. The first-order valence-corrected chi connectivity index (χ1v) is 8.64. The highest BCUT2D eigenvalue weighted by Gasteiger charge is 2.39. The largest absolute Gasteiger partial charge is 0.453 e. The maximum absolute atomic E-state index is 13.3. The van der Waals surface area contributed by atoms with Crippen LogP contribution in [0.4, 0.5) is 13.2 Å². The second-order valence-corrected chi connectivity index (χ2v) is 6.66. The van der Waals surface area contributed by atoms with E-state index in [1.165, 1.54) is 16.8 Å². The highest BCUT2D eigenvalue weighted by molar-refractivity contribution is 6.31. The van der Waals surface area contributed by atoms with Crippen LogP contribution in [-0.4, -0.2) is 40.4 Å². The number of benzene rings is 2. The maximum atomic E-state index is 13.3. The van der Waals surface area contributed by atoms with Crippen LogP contribution >= 0.6 is 23.2 Å². The van der Waals surface area contributed by atoms with Crippen molar-refractivity contribution in [3.63, 3.8) is 0 Å². The van der Waals surface area contributed by atoms with Crippen LogP contribution in [0, 0.1) is 13.0 Å². The van der Waals surface area contributed by atoms with E-state index in [2.05, 4.69) is 37.1 Å². The Morgan fingerprint density at radius 1 is 0.931 bits per heavy atom. The lowest BCUT2D eigenvalue weighted by molar-refractivity contribution is -0.146. The van der Waals surface area contributed by atoms with Gasteiger partial charge in [-0.3, -0.25) is 0 Å². The maximum Gasteiger partial charge on any atom is 0.453 e. The molecule has 8 nitrogen and oxygen atoms in total. The minimum Gasteiger partial charge on any atom is -0.197 e. The zero-order valence-electron chi connectivity index (χ0n) is 14.4. The van der Waals surface area contributed by atoms with Gasteiger partial charge < -0.3 is 0 Å². The molecule has 0 unspecified atom stereocenters. The van der Waals surface area contributed by atoms with Crippen molar-refractivity contribution in [2.45, 2.75) is 13.1 Å². The average molecular weight is 440 g/mol. The summed E-state index contributed by atoms with van der Waals surface area (Å²) in [5.74, 6) is -0.848. The van der Waals surface area contributed by atoms with Crippen molar-refractivity contribution < 1.29 is 13.2 Å². The Balaban J connectivity index is 2.02. The standard InChI is InChI=1S/C16H8Cl2F3N8/c1-8-22-24-26-28(8)13-4-2-9(17)6-11(13)12-7-10(18)3-5-14(12)29-15(16(19,20)21)23-25-27-29/h2-4,6-7H,1H3. The summed E-state index contributed by atoms with van der Waals surface area (Å²) in [4.78, 5) is 0. The van der Waals surface area contributed by atoms with Crippen LogP contribution < -0.4 is 0 Å². The molecule has 0 bridgehead atoms. The quantitative estimate of drug-likeness (QED) is 0.483. The minimum atomic E-state index is -4.78. The molecule has 0 saturated heterocycles. The number of aryl methyl sites for hydroxylation is 1. The fourth-order valence-electron chi connectivity index (χ4n) is 2.72. The smallest absolute Gasteiger partial charge is 0.197 e. The summed E-state index contributed by atoms with van der Waals surface area (Å²) in [6.45, 7) is 1.67. The van der Waals surface area contributed by atoms with Crippen molar-refractivity contribution in [3.8, 4) is 22.5 Å². The number of alkyl halides is 3. The molecule has 0 atom stereocenters. The topological polar surface area (TPSA) is 87.2 Å². The molecule has 0 amide bonds. The van der Waals surface area contributed by atoms with Crippen molar-refractivity contribution in [1.29, 1.82) is 0 Å². The molecule has 2 heterocycles. The predicted octanol–water partition coefficient (Wildman–Crippen LogP) is 3.74. The van der Waals surface area contributed by atoms with Crippen LogP contribution in [0.15, 0.2) is 30.3 Å². The van der Waals surface area contributed by atoms with Crippen molar-refractivity contribution in [1.82, 2.24) is 40.4 Å². The van der Waals surface area contributed by atoms with E-state index in [1.807, 2.05) is 0 Å². The molecular formula is C16H8Cl2F3N8. The van der Waals surface area contributed by atoms with Gasteiger partial charge in [0.2, 0.25) is 0 Å². The van der Waals surface area contributed by atoms with Gasteiger partial charge in [0, 0.05) is 27.2 Å². The molecule has 4 aromatic rings. The summed E-state index contributed by atoms with van der Waals surface area (Å²) in [6.07, 6.45) is -4.78. The molecule has 1 radical (unpaired) electrons. The predicted molar refractivity (Wildman–Crippen MR) is 95.9 cm³/mol. The lowest BCUT2D eigenvalue weighted by Gasteiger charge is -2.16. The summed E-state index contributed by atoms with van der Waals surface area (Å²) in [6, 6.07) is 10.3. The van der Waals surface area contributed by atoms with Gasteiger partial charge in [0.1, 0.15) is 0 Å². The number of rotatable bonds is 3. The Morgan fingerprint density at radius 2 is 1.62 bits per heavy atom. The zero-order valence-corrected chi connectivity index (χ0v) is 15.9. The van der Waals surface area contributed by atoms with Gasteiger partial charge in [0.25, 0.3) is 5.82 Å². The van der Waals surface area contributed by atoms with E-state index < -0.39 is 12.0 Å². The van der Waals surface area contributed by atoms with Crippen molar-refractivity contribution in [3.05, 3.63) is 58.1 Å². The third-order valence-electron chi connectivity index (χ3n) is 3.92. The minimum absolute atomic E-state index is 0.0685. The molecule has 4 rings (SSSR count). The highest BCUT2D eigenvalue weighted by Crippen LogP contribution is 2.37. The van der Waals surface area contributed by atoms with E-state index in [4.69, 9.17) is 23.2 Å². The highest BCUT2D eigenvalue weighted by atomic mass is 35.5. The summed E-state index contributed by atoms with van der Waals surface area (Å²) in [5, 5.41) is 21.7. The summed E-state index contributed by atoms with van der Waals surface area (Å²) < 4.78 is 42.0. The fraction of sp³-hybridized carbons (Fsp3) is 0.125. The van der Waals surface area contributed by atoms with Gasteiger partial charge in [-0.1, -0.05) is 23.2 Å². The number of nitrogens with zero attached hydrogens (tertiary/aromatic N) is 8. The van der Waals surface area contributed by atoms with Gasteiger partial charge in [-0.2, -0.15) is 22.5 Å². The molecule has 0 aliphatic rings. The Morgan fingerprint density at radius 3 is 2.31 bits per heavy atom. The second kappa shape index (κ2) is 7.08. The molecule has 2 aromatic carbocycles. The molecule has 0 fully saturated rings. The molecule has 13 heteroatoms. The van der Waals surface area contributed by atoms with E-state index in [-0.39, 0.29) is 16.3 Å². The van der Waals surface area contributed by atoms with E-state index in [0.29, 0.717) is 26.8 Å². The molecule has 0 aliphatic carbocycles. The summed E-state index contributed by atoms with van der Waals surface area (Å²) in [7, 11) is 0. The van der Waals surface area contributed by atoms with Crippen LogP contribution in [-0.2, 0) is 6.18 Å². The second-order valence-electron chi connectivity index (χ2n) is 5.79. The lowest BCUT2D eigenvalue weighted by atomic mass is 10.0. The third-order valence-corrected chi connectivity index (χ3v) is 4.37.